The van der Waals surface area contributed by atoms with Crippen LogP contribution in [-0.4, -0.2) is 30.6 Å². The van der Waals surface area contributed by atoms with Crippen molar-refractivity contribution in [1.29, 1.82) is 0 Å². The minimum atomic E-state index is -0.445. The molecule has 142 valence electrons. The smallest absolute Gasteiger partial charge is 0.337 e. The van der Waals surface area contributed by atoms with Gasteiger partial charge in [0.1, 0.15) is 0 Å². The van der Waals surface area contributed by atoms with Crippen LogP contribution in [0.1, 0.15) is 58.0 Å². The number of aliphatic hydroxyl groups excluding tert-OH is 1. The van der Waals surface area contributed by atoms with E-state index in [2.05, 4.69) is 19.1 Å². The summed E-state index contributed by atoms with van der Waals surface area (Å²) in [4.78, 5) is 24.7. The van der Waals surface area contributed by atoms with E-state index < -0.39 is 5.97 Å². The summed E-state index contributed by atoms with van der Waals surface area (Å²) in [7, 11) is 1.34. The third kappa shape index (κ3) is 3.54. The molecule has 0 spiro atoms. The number of benzene rings is 2. The lowest BCUT2D eigenvalue weighted by molar-refractivity contribution is 0.0600. The predicted octanol–water partition coefficient (Wildman–Crippen LogP) is 3.95. The van der Waals surface area contributed by atoms with Gasteiger partial charge in [0.25, 0.3) is 0 Å². The summed E-state index contributed by atoms with van der Waals surface area (Å²) in [5.74, 6) is -0.602. The van der Waals surface area contributed by atoms with Gasteiger partial charge in [0.2, 0.25) is 0 Å². The van der Waals surface area contributed by atoms with Crippen LogP contribution in [0.5, 0.6) is 0 Å². The first-order chi connectivity index (χ1) is 13.1. The Morgan fingerprint density at radius 1 is 1.22 bits per heavy atom. The maximum atomic E-state index is 12.8. The fraction of sp³-hybridized carbons (Fsp3) is 0.391. The van der Waals surface area contributed by atoms with Crippen LogP contribution in [0.25, 0.3) is 0 Å². The zero-order valence-electron chi connectivity index (χ0n) is 15.9. The van der Waals surface area contributed by atoms with E-state index in [4.69, 9.17) is 4.74 Å². The molecule has 0 saturated carbocycles. The molecule has 0 heterocycles. The van der Waals surface area contributed by atoms with Crippen LogP contribution in [0.2, 0.25) is 0 Å². The second kappa shape index (κ2) is 8.05. The summed E-state index contributed by atoms with van der Waals surface area (Å²) in [6.07, 6.45) is 2.85. The Morgan fingerprint density at radius 2 is 1.96 bits per heavy atom. The minimum Gasteiger partial charge on any atom is -0.465 e. The molecule has 1 aliphatic rings. The molecule has 4 nitrogen and oxygen atoms in total. The molecule has 0 fully saturated rings. The van der Waals surface area contributed by atoms with Gasteiger partial charge in [0.15, 0.2) is 5.78 Å². The molecule has 0 amide bonds. The predicted molar refractivity (Wildman–Crippen MR) is 104 cm³/mol. The van der Waals surface area contributed by atoms with Crippen LogP contribution in [0.15, 0.2) is 48.5 Å². The molecule has 2 aromatic rings. The van der Waals surface area contributed by atoms with Gasteiger partial charge in [0.05, 0.1) is 12.7 Å². The molecule has 0 radical (unpaired) electrons. The van der Waals surface area contributed by atoms with Gasteiger partial charge < -0.3 is 9.84 Å². The van der Waals surface area contributed by atoms with E-state index in [1.165, 1.54) is 12.7 Å². The monoisotopic (exact) mass is 366 g/mol. The summed E-state index contributed by atoms with van der Waals surface area (Å²) in [5, 5.41) is 10.1. The van der Waals surface area contributed by atoms with Gasteiger partial charge >= 0.3 is 5.97 Å². The van der Waals surface area contributed by atoms with E-state index in [1.807, 2.05) is 24.3 Å². The number of esters is 1. The maximum Gasteiger partial charge on any atom is 0.337 e. The number of methoxy groups -OCH3 is 1. The molecule has 2 atom stereocenters. The highest BCUT2D eigenvalue weighted by Crippen LogP contribution is 2.47. The number of aliphatic hydroxyl groups is 1. The van der Waals surface area contributed by atoms with Gasteiger partial charge in [-0.1, -0.05) is 49.7 Å². The topological polar surface area (TPSA) is 63.6 Å². The van der Waals surface area contributed by atoms with Crippen LogP contribution in [-0.2, 0) is 16.6 Å². The van der Waals surface area contributed by atoms with Gasteiger partial charge in [-0.3, -0.25) is 4.79 Å². The van der Waals surface area contributed by atoms with Crippen LogP contribution in [0, 0.1) is 5.92 Å². The van der Waals surface area contributed by atoms with Gasteiger partial charge in [-0.25, -0.2) is 4.79 Å². The first-order valence-electron chi connectivity index (χ1n) is 9.46. The molecular weight excluding hydrogens is 340 g/mol. The number of ether oxygens (including phenoxy) is 1. The van der Waals surface area contributed by atoms with E-state index in [1.54, 1.807) is 12.1 Å². The summed E-state index contributed by atoms with van der Waals surface area (Å²) < 4.78 is 4.81. The number of ketones is 1. The van der Waals surface area contributed by atoms with Crippen molar-refractivity contribution in [3.8, 4) is 0 Å². The Morgan fingerprint density at radius 3 is 2.59 bits per heavy atom. The summed E-state index contributed by atoms with van der Waals surface area (Å²) >= 11 is 0. The Hall–Kier alpha value is -2.46. The third-order valence-corrected chi connectivity index (χ3v) is 5.77. The Balaban J connectivity index is 2.16. The number of carbonyl (C=O) groups excluding carboxylic acids is 2. The van der Waals surface area contributed by atoms with Crippen LogP contribution in [0.3, 0.4) is 0 Å². The van der Waals surface area contributed by atoms with Gasteiger partial charge in [-0.2, -0.15) is 0 Å². The highest BCUT2D eigenvalue weighted by molar-refractivity contribution is 6.02. The Bertz CT molecular complexity index is 828. The van der Waals surface area contributed by atoms with Crippen LogP contribution in [0.4, 0.5) is 0 Å². The molecule has 27 heavy (non-hydrogen) atoms. The average Bonchev–Trinajstić information content (AvgIpc) is 2.70. The molecule has 2 aromatic carbocycles. The number of Topliss-reactive ketones (excluding diaryl/α,β-unsaturated/α-hetero) is 1. The van der Waals surface area contributed by atoms with Crippen molar-refractivity contribution in [1.82, 2.24) is 0 Å². The van der Waals surface area contributed by atoms with Crippen molar-refractivity contribution in [2.45, 2.75) is 38.0 Å². The zero-order chi connectivity index (χ0) is 19.4. The Kier molecular flexibility index (Phi) is 5.76. The lowest BCUT2D eigenvalue weighted by Crippen LogP contribution is -2.45. The quantitative estimate of drug-likeness (QED) is 0.787. The lowest BCUT2D eigenvalue weighted by Gasteiger charge is -2.45. The molecule has 1 aliphatic carbocycles. The largest absolute Gasteiger partial charge is 0.465 e. The van der Waals surface area contributed by atoms with Gasteiger partial charge in [-0.05, 0) is 42.0 Å². The fourth-order valence-electron chi connectivity index (χ4n) is 4.52. The van der Waals surface area contributed by atoms with E-state index >= 15 is 0 Å². The molecule has 3 rings (SSSR count). The number of fused-ring (bicyclic) bond motifs is 1. The molecule has 0 aromatic heterocycles. The standard InChI is InChI=1S/C23H26O4/c1-3-11-23(14-16-7-5-4-6-8-16)18(15-24)13-21(25)19-12-17(22(26)27-2)9-10-20(19)23/h4-10,12,18,24H,3,11,13-15H2,1-2H3. The fourth-order valence-corrected chi connectivity index (χ4v) is 4.52. The molecular formula is C23H26O4. The second-order valence-corrected chi connectivity index (χ2v) is 7.33. The van der Waals surface area contributed by atoms with Crippen LogP contribution >= 0.6 is 0 Å². The highest BCUT2D eigenvalue weighted by atomic mass is 16.5. The first-order valence-corrected chi connectivity index (χ1v) is 9.46. The van der Waals surface area contributed by atoms with Crippen molar-refractivity contribution in [3.63, 3.8) is 0 Å². The average molecular weight is 366 g/mol. The zero-order valence-corrected chi connectivity index (χ0v) is 15.9. The van der Waals surface area contributed by atoms with Gasteiger partial charge in [-0.15, -0.1) is 0 Å². The number of rotatable bonds is 6. The van der Waals surface area contributed by atoms with Crippen molar-refractivity contribution in [2.24, 2.45) is 5.92 Å². The minimum absolute atomic E-state index is 0.0189. The third-order valence-electron chi connectivity index (χ3n) is 5.77. The van der Waals surface area contributed by atoms with E-state index in [0.29, 0.717) is 17.5 Å². The second-order valence-electron chi connectivity index (χ2n) is 7.33. The number of hydrogen-bond donors (Lipinski definition) is 1. The van der Waals surface area contributed by atoms with Crippen molar-refractivity contribution < 1.29 is 19.4 Å². The first kappa shape index (κ1) is 19.3. The molecule has 2 unspecified atom stereocenters. The molecule has 0 saturated heterocycles. The Labute approximate surface area is 160 Å². The normalized spacial score (nSPS) is 21.6. The number of hydrogen-bond acceptors (Lipinski definition) is 4. The van der Waals surface area contributed by atoms with Crippen molar-refractivity contribution in [2.75, 3.05) is 13.7 Å². The summed E-state index contributed by atoms with van der Waals surface area (Å²) in [6.45, 7) is 2.09. The SMILES string of the molecule is CCCC1(Cc2ccccc2)c2ccc(C(=O)OC)cc2C(=O)CC1CO. The van der Waals surface area contributed by atoms with E-state index in [0.717, 1.165) is 24.8 Å². The van der Waals surface area contributed by atoms with Crippen molar-refractivity contribution >= 4 is 11.8 Å². The maximum absolute atomic E-state index is 12.8. The molecule has 1 N–H and O–H groups in total. The molecule has 4 heteroatoms. The summed E-state index contributed by atoms with van der Waals surface area (Å²) in [6, 6.07) is 15.5. The number of carbonyl (C=O) groups is 2. The van der Waals surface area contributed by atoms with Crippen LogP contribution < -0.4 is 0 Å². The lowest BCUT2D eigenvalue weighted by atomic mass is 9.58. The molecule has 0 bridgehead atoms. The van der Waals surface area contributed by atoms with E-state index in [-0.39, 0.29) is 23.7 Å². The summed E-state index contributed by atoms with van der Waals surface area (Å²) in [5.41, 5.74) is 2.77. The highest BCUT2D eigenvalue weighted by Gasteiger charge is 2.46. The van der Waals surface area contributed by atoms with Gasteiger partial charge in [0, 0.05) is 24.0 Å². The molecule has 0 aliphatic heterocycles. The van der Waals surface area contributed by atoms with E-state index in [9.17, 15) is 14.7 Å². The van der Waals surface area contributed by atoms with Crippen molar-refractivity contribution in [3.05, 3.63) is 70.8 Å².